The molecule has 7 heteroatoms. The molecule has 0 atom stereocenters. The fourth-order valence-corrected chi connectivity index (χ4v) is 1.97. The lowest BCUT2D eigenvalue weighted by molar-refractivity contribution is 0.0474. The van der Waals surface area contributed by atoms with E-state index < -0.39 is 17.2 Å². The van der Waals surface area contributed by atoms with Gasteiger partial charge in [0.2, 0.25) is 0 Å². The Balaban J connectivity index is 0. The zero-order valence-electron chi connectivity index (χ0n) is 16.6. The van der Waals surface area contributed by atoms with Gasteiger partial charge in [-0.15, -0.1) is 24.0 Å². The minimum absolute atomic E-state index is 0. The van der Waals surface area contributed by atoms with E-state index in [1.807, 2.05) is 34.6 Å². The van der Waals surface area contributed by atoms with Crippen LogP contribution in [0.5, 0.6) is 0 Å². The Labute approximate surface area is 165 Å². The number of hydrogen-bond acceptors (Lipinski definition) is 3. The molecule has 144 valence electrons. The molecule has 0 unspecified atom stereocenters. The normalized spacial score (nSPS) is 12.5. The third kappa shape index (κ3) is 12.7. The van der Waals surface area contributed by atoms with Crippen molar-refractivity contribution in [2.45, 2.75) is 72.4 Å². The Morgan fingerprint density at radius 2 is 1.62 bits per heavy atom. The van der Waals surface area contributed by atoms with Gasteiger partial charge in [0.1, 0.15) is 5.60 Å². The lowest BCUT2D eigenvalue weighted by Crippen LogP contribution is -2.54. The van der Waals surface area contributed by atoms with Crippen molar-refractivity contribution in [3.05, 3.63) is 0 Å². The molecule has 3 N–H and O–H groups in total. The quantitative estimate of drug-likeness (QED) is 0.312. The van der Waals surface area contributed by atoms with Crippen molar-refractivity contribution in [2.75, 3.05) is 20.1 Å². The fraction of sp³-hybridized carbons (Fsp3) is 0.882. The molecular weight excluding hydrogens is 419 g/mol. The zero-order chi connectivity index (χ0) is 18.1. The van der Waals surface area contributed by atoms with Gasteiger partial charge in [-0.1, -0.05) is 26.7 Å². The number of ether oxygens (including phenoxy) is 1. The number of alkyl carbamates (subject to hydrolysis) is 1. The molecule has 0 spiro atoms. The van der Waals surface area contributed by atoms with Crippen molar-refractivity contribution in [1.82, 2.24) is 16.0 Å². The van der Waals surface area contributed by atoms with Crippen molar-refractivity contribution >= 4 is 36.0 Å². The Hall–Kier alpha value is -0.730. The topological polar surface area (TPSA) is 74.8 Å². The average Bonchev–Trinajstić information content (AvgIpc) is 2.40. The van der Waals surface area contributed by atoms with E-state index in [0.29, 0.717) is 12.5 Å². The largest absolute Gasteiger partial charge is 0.444 e. The van der Waals surface area contributed by atoms with Crippen molar-refractivity contribution in [2.24, 2.45) is 10.9 Å². The number of halogens is 1. The van der Waals surface area contributed by atoms with E-state index in [-0.39, 0.29) is 24.0 Å². The molecule has 1 amide bonds. The summed E-state index contributed by atoms with van der Waals surface area (Å²) in [6, 6.07) is 0. The van der Waals surface area contributed by atoms with Crippen LogP contribution in [0.4, 0.5) is 4.79 Å². The fourth-order valence-electron chi connectivity index (χ4n) is 1.97. The molecule has 0 bridgehead atoms. The highest BCUT2D eigenvalue weighted by molar-refractivity contribution is 14.0. The van der Waals surface area contributed by atoms with Gasteiger partial charge < -0.3 is 20.7 Å². The second kappa shape index (κ2) is 11.8. The van der Waals surface area contributed by atoms with Gasteiger partial charge >= 0.3 is 6.09 Å². The molecule has 0 rings (SSSR count). The molecule has 0 saturated carbocycles. The zero-order valence-corrected chi connectivity index (χ0v) is 18.9. The number of nitrogens with one attached hydrogen (secondary N) is 3. The number of rotatable bonds is 7. The summed E-state index contributed by atoms with van der Waals surface area (Å²) in [6.45, 7) is 15.3. The van der Waals surface area contributed by atoms with Crippen molar-refractivity contribution < 1.29 is 9.53 Å². The summed E-state index contributed by atoms with van der Waals surface area (Å²) in [4.78, 5) is 16.1. The van der Waals surface area contributed by atoms with Crippen LogP contribution in [0.1, 0.15) is 61.3 Å². The smallest absolute Gasteiger partial charge is 0.408 e. The molecule has 6 nitrogen and oxygen atoms in total. The molecule has 0 aromatic carbocycles. The first-order valence-electron chi connectivity index (χ1n) is 8.48. The van der Waals surface area contributed by atoms with Gasteiger partial charge in [-0.25, -0.2) is 4.79 Å². The van der Waals surface area contributed by atoms with E-state index >= 15 is 0 Å². The third-order valence-electron chi connectivity index (χ3n) is 3.47. The van der Waals surface area contributed by atoms with Gasteiger partial charge in [0.15, 0.2) is 5.96 Å². The lowest BCUT2D eigenvalue weighted by atomic mass is 10.0. The summed E-state index contributed by atoms with van der Waals surface area (Å²) in [5.41, 5.74) is -0.949. The Kier molecular flexibility index (Phi) is 12.5. The van der Waals surface area contributed by atoms with Crippen LogP contribution in [-0.2, 0) is 4.74 Å². The first-order valence-corrected chi connectivity index (χ1v) is 8.48. The molecule has 0 aromatic heterocycles. The van der Waals surface area contributed by atoms with Gasteiger partial charge in [-0.05, 0) is 40.5 Å². The predicted molar refractivity (Wildman–Crippen MR) is 112 cm³/mol. The summed E-state index contributed by atoms with van der Waals surface area (Å²) >= 11 is 0. The summed E-state index contributed by atoms with van der Waals surface area (Å²) < 4.78 is 5.29. The molecule has 0 radical (unpaired) electrons. The first kappa shape index (κ1) is 25.5. The number of carbonyl (C=O) groups is 1. The Morgan fingerprint density at radius 3 is 2.04 bits per heavy atom. The van der Waals surface area contributed by atoms with Gasteiger partial charge in [0.25, 0.3) is 0 Å². The highest BCUT2D eigenvalue weighted by Crippen LogP contribution is 2.09. The van der Waals surface area contributed by atoms with Crippen LogP contribution >= 0.6 is 24.0 Å². The molecular formula is C17H37IN4O2. The van der Waals surface area contributed by atoms with E-state index in [9.17, 15) is 4.79 Å². The monoisotopic (exact) mass is 456 g/mol. The molecule has 24 heavy (non-hydrogen) atoms. The van der Waals surface area contributed by atoms with E-state index in [2.05, 4.69) is 34.8 Å². The maximum atomic E-state index is 11.9. The summed E-state index contributed by atoms with van der Waals surface area (Å²) in [5.74, 6) is 1.39. The Morgan fingerprint density at radius 1 is 1.08 bits per heavy atom. The molecule has 0 aliphatic rings. The third-order valence-corrected chi connectivity index (χ3v) is 3.47. The van der Waals surface area contributed by atoms with Crippen LogP contribution < -0.4 is 16.0 Å². The summed E-state index contributed by atoms with van der Waals surface area (Å²) in [6.07, 6.45) is 1.88. The molecule has 0 fully saturated rings. The minimum Gasteiger partial charge on any atom is -0.444 e. The van der Waals surface area contributed by atoms with Gasteiger partial charge in [-0.2, -0.15) is 0 Å². The Bertz CT molecular complexity index is 389. The van der Waals surface area contributed by atoms with E-state index in [4.69, 9.17) is 4.74 Å². The average molecular weight is 456 g/mol. The van der Waals surface area contributed by atoms with Crippen LogP contribution in [0.25, 0.3) is 0 Å². The van der Waals surface area contributed by atoms with E-state index in [1.165, 1.54) is 0 Å². The number of nitrogens with zero attached hydrogens (tertiary/aromatic N) is 1. The molecule has 0 aromatic rings. The number of amides is 1. The number of aliphatic imine (C=N–C) groups is 1. The van der Waals surface area contributed by atoms with Crippen LogP contribution in [0, 0.1) is 5.92 Å². The van der Waals surface area contributed by atoms with Crippen molar-refractivity contribution in [3.63, 3.8) is 0 Å². The SMILES string of the molecule is CCC(CC)CNC(=NC)NCC(C)(C)NC(=O)OC(C)(C)C.I. The first-order chi connectivity index (χ1) is 10.5. The number of carbonyl (C=O) groups excluding carboxylic acids is 1. The van der Waals surface area contributed by atoms with Crippen LogP contribution in [0.3, 0.4) is 0 Å². The van der Waals surface area contributed by atoms with Gasteiger partial charge in [0, 0.05) is 20.1 Å². The van der Waals surface area contributed by atoms with Crippen LogP contribution in [-0.4, -0.2) is 43.3 Å². The highest BCUT2D eigenvalue weighted by atomic mass is 127. The van der Waals surface area contributed by atoms with E-state index in [0.717, 1.165) is 25.3 Å². The van der Waals surface area contributed by atoms with Crippen molar-refractivity contribution in [1.29, 1.82) is 0 Å². The summed E-state index contributed by atoms with van der Waals surface area (Å²) in [5, 5.41) is 9.45. The highest BCUT2D eigenvalue weighted by Gasteiger charge is 2.24. The maximum absolute atomic E-state index is 11.9. The lowest BCUT2D eigenvalue weighted by Gasteiger charge is -2.29. The predicted octanol–water partition coefficient (Wildman–Crippen LogP) is 3.51. The summed E-state index contributed by atoms with van der Waals surface area (Å²) in [7, 11) is 1.75. The van der Waals surface area contributed by atoms with E-state index in [1.54, 1.807) is 7.05 Å². The minimum atomic E-state index is -0.500. The maximum Gasteiger partial charge on any atom is 0.408 e. The van der Waals surface area contributed by atoms with Crippen LogP contribution in [0.15, 0.2) is 4.99 Å². The molecule has 0 saturated heterocycles. The second-order valence-corrected chi connectivity index (χ2v) is 7.50. The van der Waals surface area contributed by atoms with Gasteiger partial charge in [0.05, 0.1) is 5.54 Å². The number of guanidine groups is 1. The van der Waals surface area contributed by atoms with Crippen LogP contribution in [0.2, 0.25) is 0 Å². The second-order valence-electron chi connectivity index (χ2n) is 7.50. The molecule has 0 aliphatic heterocycles. The number of hydrogen-bond donors (Lipinski definition) is 3. The standard InChI is InChI=1S/C17H36N4O2.HI/c1-9-13(10-2)11-19-14(18-8)20-12-17(6,7)21-15(22)23-16(3,4)5;/h13H,9-12H2,1-8H3,(H,21,22)(H2,18,19,20);1H. The van der Waals surface area contributed by atoms with Gasteiger partial charge in [-0.3, -0.25) is 4.99 Å². The molecule has 0 heterocycles. The van der Waals surface area contributed by atoms with Crippen molar-refractivity contribution in [3.8, 4) is 0 Å². The molecule has 0 aliphatic carbocycles.